The maximum Gasteiger partial charge on any atom is 1.00 e. The van der Waals surface area contributed by atoms with E-state index in [0.29, 0.717) is 0 Å². The fourth-order valence-electron chi connectivity index (χ4n) is 2.55. The summed E-state index contributed by atoms with van der Waals surface area (Å²) in [7, 11) is -18.2. The van der Waals surface area contributed by atoms with Crippen molar-refractivity contribution in [2.75, 3.05) is 13.2 Å². The molecule has 0 spiro atoms. The van der Waals surface area contributed by atoms with Crippen LogP contribution in [0.2, 0.25) is 0 Å². The van der Waals surface area contributed by atoms with Crippen LogP contribution in [0.15, 0.2) is 0 Å². The minimum atomic E-state index is -6.16. The third-order valence-electron chi connectivity index (χ3n) is 3.85. The van der Waals surface area contributed by atoms with Gasteiger partial charge in [-0.25, -0.2) is 9.11 Å². The van der Waals surface area contributed by atoms with Crippen molar-refractivity contribution in [2.45, 2.75) is 31.5 Å². The number of rotatable bonds is 8. The van der Waals surface area contributed by atoms with Crippen molar-refractivity contribution in [1.29, 1.82) is 0 Å². The molecule has 0 aromatic carbocycles. The zero-order valence-electron chi connectivity index (χ0n) is 18.8. The molecular weight excluding hydrogens is 509 g/mol. The van der Waals surface area contributed by atoms with Crippen molar-refractivity contribution in [1.82, 2.24) is 10.2 Å². The number of hydrogen-bond acceptors (Lipinski definition) is 15. The molecular formula is C10H15Li4N2O15P3. The van der Waals surface area contributed by atoms with Gasteiger partial charge in [0.2, 0.25) is 5.91 Å². The van der Waals surface area contributed by atoms with Crippen LogP contribution in [0.3, 0.4) is 0 Å². The van der Waals surface area contributed by atoms with Gasteiger partial charge in [0.1, 0.15) is 18.3 Å². The topological polar surface area (TPSA) is 270 Å². The van der Waals surface area contributed by atoms with Gasteiger partial charge in [-0.15, -0.1) is 0 Å². The van der Waals surface area contributed by atoms with E-state index in [9.17, 15) is 53.1 Å². The number of hydrogen-bond donors (Lipinski definition) is 3. The molecule has 2 fully saturated rings. The summed E-state index contributed by atoms with van der Waals surface area (Å²) in [4.78, 5) is 67.4. The summed E-state index contributed by atoms with van der Waals surface area (Å²) >= 11 is 0. The van der Waals surface area contributed by atoms with Crippen LogP contribution in [0.1, 0.15) is 6.92 Å². The molecule has 2 aliphatic heterocycles. The van der Waals surface area contributed by atoms with E-state index in [1.54, 1.807) is 0 Å². The molecule has 0 radical (unpaired) electrons. The number of aliphatic hydroxyl groups excluding tert-OH is 2. The van der Waals surface area contributed by atoms with Crippen molar-refractivity contribution in [3.05, 3.63) is 0 Å². The summed E-state index contributed by atoms with van der Waals surface area (Å²) in [5, 5.41) is 22.0. The van der Waals surface area contributed by atoms with E-state index in [1.165, 1.54) is 6.92 Å². The molecule has 2 aliphatic rings. The molecule has 17 nitrogen and oxygen atoms in total. The molecule has 0 aromatic rings. The van der Waals surface area contributed by atoms with Crippen LogP contribution in [0.25, 0.3) is 0 Å². The quantitative estimate of drug-likeness (QED) is 0.197. The van der Waals surface area contributed by atoms with Crippen LogP contribution in [0, 0.1) is 5.92 Å². The fraction of sp³-hybridized carbons (Fsp3) is 0.800. The summed E-state index contributed by atoms with van der Waals surface area (Å²) in [6.45, 7) is 0.118. The van der Waals surface area contributed by atoms with E-state index in [1.807, 2.05) is 5.32 Å². The third kappa shape index (κ3) is 11.6. The first-order chi connectivity index (χ1) is 13.5. The second-order valence-corrected chi connectivity index (χ2v) is 10.4. The third-order valence-corrected chi connectivity index (χ3v) is 7.52. The van der Waals surface area contributed by atoms with Crippen LogP contribution in [0.4, 0.5) is 4.79 Å². The van der Waals surface area contributed by atoms with Crippen molar-refractivity contribution >= 4 is 35.4 Å². The maximum absolute atomic E-state index is 11.9. The average molecular weight is 524 g/mol. The van der Waals surface area contributed by atoms with Crippen LogP contribution < -0.4 is 100 Å². The monoisotopic (exact) mass is 524 g/mol. The summed E-state index contributed by atoms with van der Waals surface area (Å²) in [6, 6.07) is -0.946. The molecule has 0 saturated carbocycles. The number of carbonyl (C=O) groups is 2. The standard InChI is InChI=1S/C10H19N2O15P3.4Li/c1-4-2-12(10(16)11-8(4)15)9-7(14)6(13)5(25-9)3-24-29(20,21)27-30(22,23)26-28(17,18)19;;;;/h4-7,9,13-14H,2-3H2,1H3,(H,20,21)(H,22,23)(H,11,15,16)(H2,17,18,19);;;;/q;4*+1/p-4. The molecule has 2 saturated heterocycles. The minimum absolute atomic E-state index is 0. The summed E-state index contributed by atoms with van der Waals surface area (Å²) < 4.78 is 48.5. The number of imide groups is 1. The SMILES string of the molecule is CC1CN(C2OC(COP(=O)([O-])OP(=O)([O-])OP(=O)([O-])[O-])C(O)C2O)C(=O)NC1=O.[Li+].[Li+].[Li+].[Li+]. The first-order valence-corrected chi connectivity index (χ1v) is 12.2. The van der Waals surface area contributed by atoms with Gasteiger partial charge in [-0.2, -0.15) is 0 Å². The molecule has 2 heterocycles. The van der Waals surface area contributed by atoms with Crippen molar-refractivity contribution < 1.29 is 146 Å². The van der Waals surface area contributed by atoms with Gasteiger partial charge < -0.3 is 43.6 Å². The second kappa shape index (κ2) is 15.3. The zero-order valence-corrected chi connectivity index (χ0v) is 21.5. The molecule has 34 heavy (non-hydrogen) atoms. The van der Waals surface area contributed by atoms with E-state index in [2.05, 4.69) is 13.1 Å². The number of aliphatic hydroxyl groups is 2. The number of phosphoric ester groups is 1. The van der Waals surface area contributed by atoms with E-state index in [4.69, 9.17) is 4.74 Å². The second-order valence-electron chi connectivity index (χ2n) is 6.19. The van der Waals surface area contributed by atoms with Gasteiger partial charge >= 0.3 is 81.5 Å². The van der Waals surface area contributed by atoms with Gasteiger partial charge in [0.25, 0.3) is 15.6 Å². The van der Waals surface area contributed by atoms with Gasteiger partial charge in [0, 0.05) is 6.54 Å². The molecule has 0 bridgehead atoms. The number of nitrogens with zero attached hydrogens (tertiary/aromatic N) is 1. The largest absolute Gasteiger partial charge is 1.00 e. The summed E-state index contributed by atoms with van der Waals surface area (Å²) in [5.74, 6) is -1.27. The Morgan fingerprint density at radius 1 is 1.00 bits per heavy atom. The Labute approximate surface area is 241 Å². The Morgan fingerprint density at radius 2 is 1.53 bits per heavy atom. The predicted molar refractivity (Wildman–Crippen MR) is 81.0 cm³/mol. The zero-order chi connectivity index (χ0) is 23.1. The van der Waals surface area contributed by atoms with Crippen LogP contribution in [0.5, 0.6) is 0 Å². The van der Waals surface area contributed by atoms with Crippen molar-refractivity contribution in [3.8, 4) is 0 Å². The smallest absolute Gasteiger partial charge is 0.790 e. The number of urea groups is 1. The Bertz CT molecular complexity index is 847. The van der Waals surface area contributed by atoms with Gasteiger partial charge in [-0.3, -0.25) is 28.5 Å². The number of amides is 3. The molecule has 3 N–H and O–H groups in total. The van der Waals surface area contributed by atoms with Gasteiger partial charge in [-0.1, -0.05) is 6.92 Å². The van der Waals surface area contributed by atoms with Crippen LogP contribution in [-0.4, -0.2) is 64.7 Å². The maximum atomic E-state index is 11.9. The molecule has 174 valence electrons. The van der Waals surface area contributed by atoms with E-state index in [0.717, 1.165) is 4.90 Å². The Morgan fingerprint density at radius 3 is 2.03 bits per heavy atom. The first-order valence-electron chi connectivity index (χ1n) is 7.86. The minimum Gasteiger partial charge on any atom is -0.790 e. The number of phosphoric acid groups is 3. The Balaban J connectivity index is -0.00000240. The molecule has 0 aliphatic carbocycles. The van der Waals surface area contributed by atoms with Crippen molar-refractivity contribution in [3.63, 3.8) is 0 Å². The molecule has 7 atom stereocenters. The number of carbonyl (C=O) groups excluding carboxylic acids is 2. The predicted octanol–water partition coefficient (Wildman–Crippen LogP) is -16.5. The van der Waals surface area contributed by atoms with Gasteiger partial charge in [-0.05, 0) is 0 Å². The van der Waals surface area contributed by atoms with Gasteiger partial charge in [0.15, 0.2) is 6.23 Å². The fourth-order valence-corrected chi connectivity index (χ4v) is 5.42. The molecule has 2 rings (SSSR count). The summed E-state index contributed by atoms with van der Waals surface area (Å²) in [5.41, 5.74) is 0. The van der Waals surface area contributed by atoms with Gasteiger partial charge in [0.05, 0.1) is 20.3 Å². The van der Waals surface area contributed by atoms with E-state index < -0.39 is 72.5 Å². The number of ether oxygens (including phenoxy) is 1. The Kier molecular flexibility index (Phi) is 18.0. The molecule has 24 heteroatoms. The first kappa shape index (κ1) is 40.1. The molecule has 3 amide bonds. The Hall–Kier alpha value is 1.62. The van der Waals surface area contributed by atoms with Crippen LogP contribution >= 0.6 is 23.5 Å². The molecule has 0 aromatic heterocycles. The molecule has 7 unspecified atom stereocenters. The number of nitrogens with one attached hydrogen (secondary N) is 1. The van der Waals surface area contributed by atoms with Crippen molar-refractivity contribution in [2.24, 2.45) is 5.92 Å². The average Bonchev–Trinajstić information content (AvgIpc) is 2.81. The van der Waals surface area contributed by atoms with E-state index in [-0.39, 0.29) is 82.0 Å². The van der Waals surface area contributed by atoms with E-state index >= 15 is 0 Å². The van der Waals surface area contributed by atoms with Crippen LogP contribution in [-0.2, 0) is 36.4 Å². The normalized spacial score (nSPS) is 30.3. The summed E-state index contributed by atoms with van der Waals surface area (Å²) in [6.07, 6.45) is -6.74.